The highest BCUT2D eigenvalue weighted by atomic mass is 19.4. The number of pyridine rings is 1. The number of urea groups is 1. The Balaban J connectivity index is 1.31. The number of hydrogen-bond donors (Lipinski definition) is 2. The minimum Gasteiger partial charge on any atom is -0.383 e. The Morgan fingerprint density at radius 3 is 2.73 bits per heavy atom. The van der Waals surface area contributed by atoms with Gasteiger partial charge in [-0.25, -0.2) is 9.78 Å². The molecule has 3 aromatic rings. The lowest BCUT2D eigenvalue weighted by atomic mass is 9.76. The molecule has 9 nitrogen and oxygen atoms in total. The van der Waals surface area contributed by atoms with E-state index in [0.29, 0.717) is 25.3 Å². The van der Waals surface area contributed by atoms with Crippen LogP contribution in [-0.2, 0) is 25.2 Å². The fourth-order valence-electron chi connectivity index (χ4n) is 4.75. The maximum absolute atomic E-state index is 13.2. The van der Waals surface area contributed by atoms with Gasteiger partial charge in [0.2, 0.25) is 0 Å². The molecule has 0 saturated carbocycles. The van der Waals surface area contributed by atoms with Gasteiger partial charge in [0.05, 0.1) is 23.0 Å². The summed E-state index contributed by atoms with van der Waals surface area (Å²) in [6, 6.07) is 4.28. The maximum Gasteiger partial charge on any atom is 0.419 e. The molecule has 1 saturated heterocycles. The summed E-state index contributed by atoms with van der Waals surface area (Å²) in [7, 11) is 1.82. The van der Waals surface area contributed by atoms with Crippen LogP contribution in [0.25, 0.3) is 11.3 Å². The zero-order valence-corrected chi connectivity index (χ0v) is 18.1. The lowest BCUT2D eigenvalue weighted by Gasteiger charge is -2.47. The monoisotopic (exact) mass is 460 g/mol. The number of nitrogens with zero attached hydrogens (tertiary/aromatic N) is 6. The van der Waals surface area contributed by atoms with Crippen molar-refractivity contribution in [1.82, 2.24) is 34.8 Å². The first kappa shape index (κ1) is 21.3. The van der Waals surface area contributed by atoms with Crippen molar-refractivity contribution < 1.29 is 18.0 Å². The molecule has 2 amide bonds. The first-order chi connectivity index (χ1) is 15.6. The van der Waals surface area contributed by atoms with E-state index in [1.165, 1.54) is 6.20 Å². The molecule has 33 heavy (non-hydrogen) atoms. The van der Waals surface area contributed by atoms with Crippen LogP contribution in [0.15, 0.2) is 30.6 Å². The normalized spacial score (nSPS) is 17.7. The van der Waals surface area contributed by atoms with Crippen LogP contribution in [-0.4, -0.2) is 48.6 Å². The van der Waals surface area contributed by atoms with E-state index in [4.69, 9.17) is 5.73 Å². The van der Waals surface area contributed by atoms with Crippen molar-refractivity contribution in [1.29, 1.82) is 0 Å². The Labute approximate surface area is 187 Å². The first-order valence-electron chi connectivity index (χ1n) is 10.5. The number of alkyl halides is 3. The van der Waals surface area contributed by atoms with Crippen molar-refractivity contribution in [2.24, 2.45) is 7.05 Å². The third-order valence-electron chi connectivity index (χ3n) is 6.56. The van der Waals surface area contributed by atoms with Crippen molar-refractivity contribution in [3.63, 3.8) is 0 Å². The fourth-order valence-corrected chi connectivity index (χ4v) is 4.75. The number of halogens is 3. The third-order valence-corrected chi connectivity index (χ3v) is 6.56. The number of likely N-dealkylation sites (tertiary alicyclic amines) is 1. The van der Waals surface area contributed by atoms with Crippen LogP contribution in [0, 0.1) is 0 Å². The minimum atomic E-state index is -4.59. The van der Waals surface area contributed by atoms with Gasteiger partial charge in [0.25, 0.3) is 0 Å². The number of aromatic nitrogens is 5. The van der Waals surface area contributed by atoms with Crippen LogP contribution in [0.2, 0.25) is 0 Å². The Hall–Kier alpha value is -3.57. The molecule has 3 aromatic heterocycles. The summed E-state index contributed by atoms with van der Waals surface area (Å²) in [6.45, 7) is 3.59. The number of anilines is 1. The second-order valence-corrected chi connectivity index (χ2v) is 8.73. The van der Waals surface area contributed by atoms with Crippen molar-refractivity contribution in [3.05, 3.63) is 47.5 Å². The summed E-state index contributed by atoms with van der Waals surface area (Å²) in [4.78, 5) is 18.2. The van der Waals surface area contributed by atoms with Gasteiger partial charge in [-0.3, -0.25) is 9.36 Å². The lowest BCUT2D eigenvalue weighted by Crippen LogP contribution is -2.62. The molecule has 5 rings (SSSR count). The number of nitrogen functional groups attached to an aromatic ring is 1. The molecular formula is C21H23F3N8O. The number of rotatable bonds is 3. The molecular weight excluding hydrogens is 437 g/mol. The standard InChI is InChI=1S/C21H23F3N8O/c1-12(16-3-5-27-30(16)2)28-19(33)31-10-20(11-31)4-6-32-17(20)8-15(29-32)13-7-14(21(22,23)24)18(25)26-9-13/h3,5,7-9,12H,4,6,10-11H2,1-2H3,(H2,25,26)(H,28,33). The number of hydrogen-bond acceptors (Lipinski definition) is 5. The average molecular weight is 460 g/mol. The summed E-state index contributed by atoms with van der Waals surface area (Å²) < 4.78 is 43.2. The Morgan fingerprint density at radius 2 is 2.06 bits per heavy atom. The van der Waals surface area contributed by atoms with Gasteiger partial charge >= 0.3 is 12.2 Å². The van der Waals surface area contributed by atoms with E-state index in [1.54, 1.807) is 21.8 Å². The molecule has 1 spiro atoms. The van der Waals surface area contributed by atoms with E-state index in [2.05, 4.69) is 20.5 Å². The Kier molecular flexibility index (Phi) is 4.66. The van der Waals surface area contributed by atoms with Crippen LogP contribution in [0.3, 0.4) is 0 Å². The Morgan fingerprint density at radius 1 is 1.30 bits per heavy atom. The average Bonchev–Trinajstić information content (AvgIpc) is 3.40. The SMILES string of the molecule is CC(NC(=O)N1CC2(CCn3nc(-c4cnc(N)c(C(F)(F)F)c4)cc32)C1)c1ccnn1C. The molecule has 2 aliphatic rings. The largest absolute Gasteiger partial charge is 0.419 e. The van der Waals surface area contributed by atoms with Gasteiger partial charge in [0, 0.05) is 55.7 Å². The molecule has 5 heterocycles. The van der Waals surface area contributed by atoms with Crippen LogP contribution in [0.5, 0.6) is 0 Å². The van der Waals surface area contributed by atoms with Gasteiger partial charge < -0.3 is 16.0 Å². The summed E-state index contributed by atoms with van der Waals surface area (Å²) in [5.74, 6) is -0.560. The first-order valence-corrected chi connectivity index (χ1v) is 10.5. The summed E-state index contributed by atoms with van der Waals surface area (Å²) >= 11 is 0. The molecule has 1 atom stereocenters. The van der Waals surface area contributed by atoms with E-state index in [1.807, 2.05) is 24.7 Å². The Bertz CT molecular complexity index is 1220. The topological polar surface area (TPSA) is 107 Å². The number of nitrogens with two attached hydrogens (primary N) is 1. The molecule has 0 radical (unpaired) electrons. The molecule has 0 aliphatic carbocycles. The highest BCUT2D eigenvalue weighted by Gasteiger charge is 2.51. The highest BCUT2D eigenvalue weighted by molar-refractivity contribution is 5.76. The zero-order valence-electron chi connectivity index (χ0n) is 18.1. The quantitative estimate of drug-likeness (QED) is 0.625. The molecule has 1 unspecified atom stereocenters. The second-order valence-electron chi connectivity index (χ2n) is 8.73. The van der Waals surface area contributed by atoms with E-state index in [9.17, 15) is 18.0 Å². The second kappa shape index (κ2) is 7.22. The van der Waals surface area contributed by atoms with Gasteiger partial charge in [-0.05, 0) is 31.5 Å². The lowest BCUT2D eigenvalue weighted by molar-refractivity contribution is -0.137. The molecule has 1 fully saturated rings. The van der Waals surface area contributed by atoms with Crippen LogP contribution in [0.1, 0.15) is 36.3 Å². The van der Waals surface area contributed by atoms with E-state index >= 15 is 0 Å². The molecule has 12 heteroatoms. The van der Waals surface area contributed by atoms with Gasteiger partial charge in [0.15, 0.2) is 0 Å². The fraction of sp³-hybridized carbons (Fsp3) is 0.429. The number of aryl methyl sites for hydroxylation is 2. The van der Waals surface area contributed by atoms with Crippen LogP contribution in [0.4, 0.5) is 23.8 Å². The minimum absolute atomic E-state index is 0.162. The van der Waals surface area contributed by atoms with E-state index < -0.39 is 17.6 Å². The molecule has 3 N–H and O–H groups in total. The zero-order chi connectivity index (χ0) is 23.5. The van der Waals surface area contributed by atoms with Gasteiger partial charge in [-0.1, -0.05) is 0 Å². The summed E-state index contributed by atoms with van der Waals surface area (Å²) in [5.41, 5.74) is 6.69. The molecule has 0 bridgehead atoms. The van der Waals surface area contributed by atoms with Gasteiger partial charge in [0.1, 0.15) is 5.82 Å². The predicted molar refractivity (Wildman–Crippen MR) is 113 cm³/mol. The number of carbonyl (C=O) groups excluding carboxylic acids is 1. The van der Waals surface area contributed by atoms with Crippen LogP contribution < -0.4 is 11.1 Å². The van der Waals surface area contributed by atoms with E-state index in [-0.39, 0.29) is 23.1 Å². The predicted octanol–water partition coefficient (Wildman–Crippen LogP) is 2.71. The number of nitrogens with one attached hydrogen (secondary N) is 1. The van der Waals surface area contributed by atoms with Gasteiger partial charge in [-0.2, -0.15) is 23.4 Å². The molecule has 0 aromatic carbocycles. The molecule has 2 aliphatic heterocycles. The summed E-state index contributed by atoms with van der Waals surface area (Å²) in [6.07, 6.45) is -0.784. The van der Waals surface area contributed by atoms with Crippen molar-refractivity contribution >= 4 is 11.8 Å². The molecule has 174 valence electrons. The highest BCUT2D eigenvalue weighted by Crippen LogP contribution is 2.44. The van der Waals surface area contributed by atoms with Crippen molar-refractivity contribution in [3.8, 4) is 11.3 Å². The third kappa shape index (κ3) is 3.49. The number of fused-ring (bicyclic) bond motifs is 2. The van der Waals surface area contributed by atoms with Gasteiger partial charge in [-0.15, -0.1) is 0 Å². The summed E-state index contributed by atoms with van der Waals surface area (Å²) in [5, 5.41) is 11.6. The van der Waals surface area contributed by atoms with E-state index in [0.717, 1.165) is 23.9 Å². The van der Waals surface area contributed by atoms with Crippen molar-refractivity contribution in [2.45, 2.75) is 37.5 Å². The number of carbonyl (C=O) groups is 1. The van der Waals surface area contributed by atoms with Crippen LogP contribution >= 0.6 is 0 Å². The smallest absolute Gasteiger partial charge is 0.383 e. The van der Waals surface area contributed by atoms with Crippen molar-refractivity contribution in [2.75, 3.05) is 18.8 Å². The maximum atomic E-state index is 13.2. The number of amides is 2.